The van der Waals surface area contributed by atoms with Crippen molar-refractivity contribution < 1.29 is 39.0 Å². The second-order valence-corrected chi connectivity index (χ2v) is 9.83. The summed E-state index contributed by atoms with van der Waals surface area (Å²) < 4.78 is 0. The standard InChI is InChI=1S/C24H28N2O8/c27-16-4-5-17(28)25(16)14-15-8-12-24(13-9-15,22(33)34)20(26-18(29)6-7-19(26)30)23(21(31)32)10-2-1-3-11-23/h4-7,15,20H,1-3,8-14H2,(H,31,32)(H,33,34). The lowest BCUT2D eigenvalue weighted by molar-refractivity contribution is -0.180. The molecule has 182 valence electrons. The van der Waals surface area contributed by atoms with Gasteiger partial charge in [0.2, 0.25) is 0 Å². The van der Waals surface area contributed by atoms with E-state index < -0.39 is 52.4 Å². The minimum absolute atomic E-state index is 0.0351. The molecule has 2 N–H and O–H groups in total. The Balaban J connectivity index is 1.69. The van der Waals surface area contributed by atoms with Crippen molar-refractivity contribution in [2.24, 2.45) is 16.7 Å². The van der Waals surface area contributed by atoms with Crippen molar-refractivity contribution in [1.82, 2.24) is 9.80 Å². The molecule has 4 aliphatic rings. The maximum Gasteiger partial charge on any atom is 0.311 e. The number of hydrogen-bond donors (Lipinski definition) is 2. The second-order valence-electron chi connectivity index (χ2n) is 9.83. The third-order valence-electron chi connectivity index (χ3n) is 8.08. The first kappa shape index (κ1) is 23.8. The topological polar surface area (TPSA) is 149 Å². The monoisotopic (exact) mass is 472 g/mol. The van der Waals surface area contributed by atoms with Crippen molar-refractivity contribution in [2.45, 2.75) is 63.8 Å². The van der Waals surface area contributed by atoms with Gasteiger partial charge in [0.05, 0.1) is 16.9 Å². The van der Waals surface area contributed by atoms with E-state index in [0.717, 1.165) is 28.4 Å². The number of imide groups is 2. The SMILES string of the molecule is O=C1C=CC(=O)N1CC1CCC(C(=O)O)(C(N2C(=O)C=CC2=O)C2(C(=O)O)CCCCC2)CC1. The van der Waals surface area contributed by atoms with Crippen molar-refractivity contribution in [3.8, 4) is 0 Å². The number of rotatable bonds is 7. The summed E-state index contributed by atoms with van der Waals surface area (Å²) in [7, 11) is 0. The van der Waals surface area contributed by atoms with E-state index in [0.29, 0.717) is 25.7 Å². The number of carbonyl (C=O) groups excluding carboxylic acids is 4. The number of carboxylic acids is 2. The van der Waals surface area contributed by atoms with E-state index in [1.807, 2.05) is 0 Å². The highest BCUT2D eigenvalue weighted by Gasteiger charge is 2.63. The summed E-state index contributed by atoms with van der Waals surface area (Å²) in [6.45, 7) is 0.151. The van der Waals surface area contributed by atoms with Crippen LogP contribution in [0.1, 0.15) is 57.8 Å². The van der Waals surface area contributed by atoms with Gasteiger partial charge in [-0.3, -0.25) is 38.6 Å². The Kier molecular flexibility index (Phi) is 6.18. The smallest absolute Gasteiger partial charge is 0.311 e. The van der Waals surface area contributed by atoms with Crippen LogP contribution in [0, 0.1) is 16.7 Å². The van der Waals surface area contributed by atoms with Crippen LogP contribution >= 0.6 is 0 Å². The fraction of sp³-hybridized carbons (Fsp3) is 0.583. The van der Waals surface area contributed by atoms with Crippen LogP contribution in [0.5, 0.6) is 0 Å². The lowest BCUT2D eigenvalue weighted by atomic mass is 9.55. The zero-order chi connectivity index (χ0) is 24.7. The molecule has 1 unspecified atom stereocenters. The molecule has 10 nitrogen and oxygen atoms in total. The molecule has 0 radical (unpaired) electrons. The maximum atomic E-state index is 12.9. The Hall–Kier alpha value is -3.30. The van der Waals surface area contributed by atoms with Crippen molar-refractivity contribution >= 4 is 35.6 Å². The van der Waals surface area contributed by atoms with Gasteiger partial charge in [-0.2, -0.15) is 0 Å². The summed E-state index contributed by atoms with van der Waals surface area (Å²) in [6, 6.07) is -1.33. The summed E-state index contributed by atoms with van der Waals surface area (Å²) >= 11 is 0. The summed E-state index contributed by atoms with van der Waals surface area (Å²) in [6.07, 6.45) is 7.53. The molecule has 4 amide bonds. The minimum Gasteiger partial charge on any atom is -0.481 e. The Morgan fingerprint density at radius 2 is 1.21 bits per heavy atom. The molecule has 0 bridgehead atoms. The van der Waals surface area contributed by atoms with Crippen molar-refractivity contribution in [1.29, 1.82) is 0 Å². The average molecular weight is 472 g/mol. The highest BCUT2D eigenvalue weighted by atomic mass is 16.4. The summed E-state index contributed by atoms with van der Waals surface area (Å²) in [5.74, 6) is -4.78. The zero-order valence-electron chi connectivity index (χ0n) is 18.8. The number of hydrogen-bond acceptors (Lipinski definition) is 6. The van der Waals surface area contributed by atoms with Gasteiger partial charge in [-0.15, -0.1) is 0 Å². The van der Waals surface area contributed by atoms with Crippen LogP contribution < -0.4 is 0 Å². The number of aliphatic carboxylic acids is 2. The van der Waals surface area contributed by atoms with Crippen LogP contribution in [0.2, 0.25) is 0 Å². The highest BCUT2D eigenvalue weighted by Crippen LogP contribution is 2.54. The fourth-order valence-electron chi connectivity index (χ4n) is 6.33. The molecule has 34 heavy (non-hydrogen) atoms. The van der Waals surface area contributed by atoms with Crippen LogP contribution in [0.15, 0.2) is 24.3 Å². The molecule has 2 fully saturated rings. The fourth-order valence-corrected chi connectivity index (χ4v) is 6.33. The molecule has 0 saturated heterocycles. The summed E-state index contributed by atoms with van der Waals surface area (Å²) in [5, 5.41) is 20.9. The van der Waals surface area contributed by atoms with Crippen LogP contribution in [-0.2, 0) is 28.8 Å². The van der Waals surface area contributed by atoms with Crippen LogP contribution in [0.25, 0.3) is 0 Å². The predicted molar refractivity (Wildman–Crippen MR) is 116 cm³/mol. The molecular weight excluding hydrogens is 444 g/mol. The highest BCUT2D eigenvalue weighted by molar-refractivity contribution is 6.14. The normalized spacial score (nSPS) is 29.7. The van der Waals surface area contributed by atoms with Crippen molar-refractivity contribution in [3.05, 3.63) is 24.3 Å². The van der Waals surface area contributed by atoms with E-state index in [1.165, 1.54) is 12.2 Å². The lowest BCUT2D eigenvalue weighted by Gasteiger charge is -2.53. The predicted octanol–water partition coefficient (Wildman–Crippen LogP) is 1.50. The molecule has 0 aromatic carbocycles. The molecule has 0 aromatic rings. The molecular formula is C24H28N2O8. The van der Waals surface area contributed by atoms with Gasteiger partial charge < -0.3 is 10.2 Å². The Morgan fingerprint density at radius 1 is 0.765 bits per heavy atom. The van der Waals surface area contributed by atoms with E-state index in [-0.39, 0.29) is 38.1 Å². The zero-order valence-corrected chi connectivity index (χ0v) is 18.8. The average Bonchev–Trinajstić information content (AvgIpc) is 3.31. The van der Waals surface area contributed by atoms with E-state index in [2.05, 4.69) is 0 Å². The first-order valence-electron chi connectivity index (χ1n) is 11.7. The van der Waals surface area contributed by atoms with Gasteiger partial charge in [0, 0.05) is 30.8 Å². The van der Waals surface area contributed by atoms with Gasteiger partial charge in [0.1, 0.15) is 0 Å². The van der Waals surface area contributed by atoms with E-state index in [1.54, 1.807) is 0 Å². The summed E-state index contributed by atoms with van der Waals surface area (Å²) in [5.41, 5.74) is -3.19. The number of nitrogens with zero attached hydrogens (tertiary/aromatic N) is 2. The molecule has 2 heterocycles. The minimum atomic E-state index is -1.64. The van der Waals surface area contributed by atoms with Crippen LogP contribution in [-0.4, -0.2) is 68.2 Å². The van der Waals surface area contributed by atoms with Gasteiger partial charge in [0.25, 0.3) is 23.6 Å². The molecule has 2 aliphatic carbocycles. The second kappa shape index (κ2) is 8.81. The first-order chi connectivity index (χ1) is 16.1. The molecule has 2 aliphatic heterocycles. The summed E-state index contributed by atoms with van der Waals surface area (Å²) in [4.78, 5) is 76.9. The van der Waals surface area contributed by atoms with Gasteiger partial charge in [-0.1, -0.05) is 19.3 Å². The molecule has 10 heteroatoms. The van der Waals surface area contributed by atoms with E-state index in [4.69, 9.17) is 0 Å². The van der Waals surface area contributed by atoms with Crippen LogP contribution in [0.4, 0.5) is 0 Å². The number of amides is 4. The Bertz CT molecular complexity index is 962. The quantitative estimate of drug-likeness (QED) is 0.530. The van der Waals surface area contributed by atoms with Gasteiger partial charge in [-0.25, -0.2) is 0 Å². The van der Waals surface area contributed by atoms with Gasteiger partial charge in [0.15, 0.2) is 0 Å². The molecule has 4 rings (SSSR count). The number of carbonyl (C=O) groups is 6. The van der Waals surface area contributed by atoms with E-state index >= 15 is 0 Å². The molecule has 0 aromatic heterocycles. The van der Waals surface area contributed by atoms with Gasteiger partial charge in [-0.05, 0) is 44.4 Å². The van der Waals surface area contributed by atoms with Crippen molar-refractivity contribution in [3.63, 3.8) is 0 Å². The molecule has 0 spiro atoms. The van der Waals surface area contributed by atoms with Gasteiger partial charge >= 0.3 is 11.9 Å². The Morgan fingerprint density at radius 3 is 1.68 bits per heavy atom. The van der Waals surface area contributed by atoms with Crippen molar-refractivity contribution in [2.75, 3.05) is 6.54 Å². The number of carboxylic acid groups (broad SMARTS) is 2. The third-order valence-corrected chi connectivity index (χ3v) is 8.08. The first-order valence-corrected chi connectivity index (χ1v) is 11.7. The molecule has 1 atom stereocenters. The Labute approximate surface area is 196 Å². The third kappa shape index (κ3) is 3.74. The molecule has 2 saturated carbocycles. The maximum absolute atomic E-state index is 12.9. The largest absolute Gasteiger partial charge is 0.481 e. The van der Waals surface area contributed by atoms with Crippen LogP contribution in [0.3, 0.4) is 0 Å². The van der Waals surface area contributed by atoms with E-state index in [9.17, 15) is 39.0 Å². The lowest BCUT2D eigenvalue weighted by Crippen LogP contribution is -2.65.